The van der Waals surface area contributed by atoms with Gasteiger partial charge < -0.3 is 5.32 Å². The molecule has 0 unspecified atom stereocenters. The molecule has 0 radical (unpaired) electrons. The van der Waals surface area contributed by atoms with Crippen LogP contribution in [-0.2, 0) is 6.42 Å². The molecular formula is C9H7ClFNO. The second-order valence-electron chi connectivity index (χ2n) is 2.90. The zero-order valence-corrected chi connectivity index (χ0v) is 7.49. The second kappa shape index (κ2) is 3.00. The zero-order chi connectivity index (χ0) is 9.42. The van der Waals surface area contributed by atoms with Gasteiger partial charge in [-0.1, -0.05) is 17.7 Å². The fourth-order valence-corrected chi connectivity index (χ4v) is 1.60. The van der Waals surface area contributed by atoms with Crippen LogP contribution in [0.1, 0.15) is 15.9 Å². The lowest BCUT2D eigenvalue weighted by atomic mass is 10.00. The molecule has 0 spiro atoms. The van der Waals surface area contributed by atoms with Crippen molar-refractivity contribution in [1.29, 1.82) is 0 Å². The van der Waals surface area contributed by atoms with E-state index >= 15 is 0 Å². The van der Waals surface area contributed by atoms with Crippen molar-refractivity contribution in [2.24, 2.45) is 0 Å². The molecule has 13 heavy (non-hydrogen) atoms. The summed E-state index contributed by atoms with van der Waals surface area (Å²) in [6.07, 6.45) is 0.662. The highest BCUT2D eigenvalue weighted by Gasteiger charge is 2.22. The molecule has 0 saturated heterocycles. The Morgan fingerprint density at radius 3 is 3.00 bits per heavy atom. The summed E-state index contributed by atoms with van der Waals surface area (Å²) in [6, 6.07) is 3.17. The molecule has 1 aliphatic heterocycles. The van der Waals surface area contributed by atoms with Crippen LogP contribution in [0, 0.1) is 5.82 Å². The highest BCUT2D eigenvalue weighted by molar-refractivity contribution is 6.31. The maximum Gasteiger partial charge on any atom is 0.254 e. The molecule has 1 amide bonds. The van der Waals surface area contributed by atoms with Gasteiger partial charge in [-0.15, -0.1) is 0 Å². The number of amides is 1. The summed E-state index contributed by atoms with van der Waals surface area (Å²) >= 11 is 5.56. The molecule has 1 aromatic rings. The van der Waals surface area contributed by atoms with Gasteiger partial charge in [-0.3, -0.25) is 4.79 Å². The molecular weight excluding hydrogens is 193 g/mol. The smallest absolute Gasteiger partial charge is 0.254 e. The average Bonchev–Trinajstić information content (AvgIpc) is 2.12. The Hall–Kier alpha value is -1.09. The number of hydrogen-bond acceptors (Lipinski definition) is 1. The third kappa shape index (κ3) is 1.29. The van der Waals surface area contributed by atoms with Gasteiger partial charge in [0.05, 0.1) is 10.6 Å². The molecule has 2 nitrogen and oxygen atoms in total. The normalized spacial score (nSPS) is 15.1. The van der Waals surface area contributed by atoms with E-state index in [4.69, 9.17) is 11.6 Å². The molecule has 1 N–H and O–H groups in total. The molecule has 0 bridgehead atoms. The van der Waals surface area contributed by atoms with Crippen LogP contribution in [0.5, 0.6) is 0 Å². The van der Waals surface area contributed by atoms with E-state index in [9.17, 15) is 9.18 Å². The van der Waals surface area contributed by atoms with Gasteiger partial charge in [0.15, 0.2) is 5.82 Å². The number of fused-ring (bicyclic) bond motifs is 1. The largest absolute Gasteiger partial charge is 0.352 e. The number of halogens is 2. The topological polar surface area (TPSA) is 29.1 Å². The van der Waals surface area contributed by atoms with Crippen molar-refractivity contribution in [3.8, 4) is 0 Å². The molecule has 0 aromatic heterocycles. The Kier molecular flexibility index (Phi) is 1.96. The lowest BCUT2D eigenvalue weighted by Gasteiger charge is -2.16. The highest BCUT2D eigenvalue weighted by Crippen LogP contribution is 2.23. The fourth-order valence-electron chi connectivity index (χ4n) is 1.44. The lowest BCUT2D eigenvalue weighted by Crippen LogP contribution is -2.32. The van der Waals surface area contributed by atoms with Gasteiger partial charge in [0.1, 0.15) is 0 Å². The molecule has 2 rings (SSSR count). The van der Waals surface area contributed by atoms with Gasteiger partial charge >= 0.3 is 0 Å². The third-order valence-corrected chi connectivity index (χ3v) is 2.38. The number of carbonyl (C=O) groups excluding carboxylic acids is 1. The van der Waals surface area contributed by atoms with Crippen LogP contribution in [0.4, 0.5) is 4.39 Å². The Labute approximate surface area is 79.7 Å². The first-order valence-corrected chi connectivity index (χ1v) is 4.33. The van der Waals surface area contributed by atoms with E-state index in [0.29, 0.717) is 13.0 Å². The minimum atomic E-state index is -0.614. The Balaban J connectivity index is 2.65. The maximum atomic E-state index is 13.3. The molecule has 0 atom stereocenters. The van der Waals surface area contributed by atoms with Crippen LogP contribution in [-0.4, -0.2) is 12.5 Å². The number of rotatable bonds is 0. The van der Waals surface area contributed by atoms with Crippen molar-refractivity contribution in [3.63, 3.8) is 0 Å². The summed E-state index contributed by atoms with van der Waals surface area (Å²) in [5, 5.41) is 2.56. The SMILES string of the molecule is O=C1NCCc2ccc(Cl)c(F)c21. The standard InChI is InChI=1S/C9H7ClFNO/c10-6-2-1-5-3-4-12-9(13)7(5)8(6)11/h1-2H,3-4H2,(H,12,13). The van der Waals surface area contributed by atoms with E-state index in [1.54, 1.807) is 6.07 Å². The van der Waals surface area contributed by atoms with Gasteiger partial charge in [-0.2, -0.15) is 0 Å². The number of nitrogens with one attached hydrogen (secondary N) is 1. The van der Waals surface area contributed by atoms with Crippen molar-refractivity contribution in [1.82, 2.24) is 5.32 Å². The van der Waals surface area contributed by atoms with Gasteiger partial charge in [0, 0.05) is 6.54 Å². The van der Waals surface area contributed by atoms with E-state index in [1.165, 1.54) is 6.07 Å². The van der Waals surface area contributed by atoms with E-state index < -0.39 is 5.82 Å². The first-order valence-electron chi connectivity index (χ1n) is 3.95. The quantitative estimate of drug-likeness (QED) is 0.678. The summed E-state index contributed by atoms with van der Waals surface area (Å²) in [5.41, 5.74) is 0.824. The fraction of sp³-hybridized carbons (Fsp3) is 0.222. The molecule has 1 aromatic carbocycles. The predicted octanol–water partition coefficient (Wildman–Crippen LogP) is 1.76. The first-order chi connectivity index (χ1) is 6.20. The van der Waals surface area contributed by atoms with Crippen molar-refractivity contribution in [2.45, 2.75) is 6.42 Å². The molecule has 1 aliphatic rings. The molecule has 0 saturated carbocycles. The highest BCUT2D eigenvalue weighted by atomic mass is 35.5. The summed E-state index contributed by atoms with van der Waals surface area (Å²) in [6.45, 7) is 0.562. The van der Waals surface area contributed by atoms with E-state index in [0.717, 1.165) is 5.56 Å². The Morgan fingerprint density at radius 2 is 2.23 bits per heavy atom. The van der Waals surface area contributed by atoms with Gasteiger partial charge in [0.25, 0.3) is 5.91 Å². The first kappa shape index (κ1) is 8.51. The number of benzene rings is 1. The van der Waals surface area contributed by atoms with Crippen molar-refractivity contribution >= 4 is 17.5 Å². The van der Waals surface area contributed by atoms with Crippen LogP contribution in [0.3, 0.4) is 0 Å². The summed E-state index contributed by atoms with van der Waals surface area (Å²) in [5.74, 6) is -0.988. The third-order valence-electron chi connectivity index (χ3n) is 2.09. The summed E-state index contributed by atoms with van der Waals surface area (Å²) < 4.78 is 13.3. The minimum absolute atomic E-state index is 0.00389. The predicted molar refractivity (Wildman–Crippen MR) is 47.4 cm³/mol. The zero-order valence-electron chi connectivity index (χ0n) is 6.73. The average molecular weight is 200 g/mol. The molecule has 0 aliphatic carbocycles. The van der Waals surface area contributed by atoms with Gasteiger partial charge in [-0.25, -0.2) is 4.39 Å². The second-order valence-corrected chi connectivity index (χ2v) is 3.31. The summed E-state index contributed by atoms with van der Waals surface area (Å²) in [7, 11) is 0. The van der Waals surface area contributed by atoms with Crippen LogP contribution in [0.2, 0.25) is 5.02 Å². The lowest BCUT2D eigenvalue weighted by molar-refractivity contribution is 0.0941. The van der Waals surface area contributed by atoms with Crippen molar-refractivity contribution < 1.29 is 9.18 Å². The maximum absolute atomic E-state index is 13.3. The number of carbonyl (C=O) groups is 1. The molecule has 4 heteroatoms. The minimum Gasteiger partial charge on any atom is -0.352 e. The van der Waals surface area contributed by atoms with Crippen LogP contribution in [0.25, 0.3) is 0 Å². The van der Waals surface area contributed by atoms with Gasteiger partial charge in [0.2, 0.25) is 0 Å². The summed E-state index contributed by atoms with van der Waals surface area (Å²) in [4.78, 5) is 11.2. The van der Waals surface area contributed by atoms with Gasteiger partial charge in [-0.05, 0) is 18.1 Å². The van der Waals surface area contributed by atoms with Crippen molar-refractivity contribution in [3.05, 3.63) is 34.1 Å². The number of hydrogen-bond donors (Lipinski definition) is 1. The monoisotopic (exact) mass is 199 g/mol. The van der Waals surface area contributed by atoms with Crippen molar-refractivity contribution in [2.75, 3.05) is 6.54 Å². The van der Waals surface area contributed by atoms with Crippen LogP contribution < -0.4 is 5.32 Å². The van der Waals surface area contributed by atoms with E-state index in [1.807, 2.05) is 0 Å². The Morgan fingerprint density at radius 1 is 1.46 bits per heavy atom. The van der Waals surface area contributed by atoms with Crippen LogP contribution >= 0.6 is 11.6 Å². The van der Waals surface area contributed by atoms with Crippen LogP contribution in [0.15, 0.2) is 12.1 Å². The molecule has 1 heterocycles. The van der Waals surface area contributed by atoms with E-state index in [-0.39, 0.29) is 16.5 Å². The Bertz CT molecular complexity index is 378. The van der Waals surface area contributed by atoms with E-state index in [2.05, 4.69) is 5.32 Å². The molecule has 0 fully saturated rings. The molecule has 68 valence electrons.